The van der Waals surface area contributed by atoms with Gasteiger partial charge in [0.25, 0.3) is 0 Å². The summed E-state index contributed by atoms with van der Waals surface area (Å²) in [5.41, 5.74) is 2.51. The second-order valence-corrected chi connectivity index (χ2v) is 6.59. The topological polar surface area (TPSA) is 40.5 Å². The zero-order chi connectivity index (χ0) is 14.7. The monoisotopic (exact) mass is 287 g/mol. The number of hydrogen-bond acceptors (Lipinski definition) is 2. The summed E-state index contributed by atoms with van der Waals surface area (Å²) in [7, 11) is 0. The van der Waals surface area contributed by atoms with Gasteiger partial charge in [-0.15, -0.1) is 0 Å². The first-order valence-corrected chi connectivity index (χ1v) is 8.27. The molecular weight excluding hydrogens is 262 g/mol. The van der Waals surface area contributed by atoms with Crippen LogP contribution in [0.15, 0.2) is 24.3 Å². The molecule has 1 saturated carbocycles. The van der Waals surface area contributed by atoms with E-state index < -0.39 is 5.97 Å². The summed E-state index contributed by atoms with van der Waals surface area (Å²) in [4.78, 5) is 13.8. The molecule has 2 aliphatic rings. The lowest BCUT2D eigenvalue weighted by atomic mass is 9.86. The number of carbonyl (C=O) groups is 1. The van der Waals surface area contributed by atoms with Crippen molar-refractivity contribution in [2.75, 3.05) is 6.54 Å². The quantitative estimate of drug-likeness (QED) is 0.922. The first-order chi connectivity index (χ1) is 10.2. The van der Waals surface area contributed by atoms with Crippen molar-refractivity contribution in [1.29, 1.82) is 0 Å². The predicted octanol–water partition coefficient (Wildman–Crippen LogP) is 3.47. The van der Waals surface area contributed by atoms with E-state index in [1.807, 2.05) is 6.07 Å². The fourth-order valence-corrected chi connectivity index (χ4v) is 3.88. The van der Waals surface area contributed by atoms with Crippen LogP contribution in [-0.4, -0.2) is 28.6 Å². The molecule has 1 aliphatic heterocycles. The van der Waals surface area contributed by atoms with Gasteiger partial charge >= 0.3 is 5.97 Å². The zero-order valence-corrected chi connectivity index (χ0v) is 12.6. The minimum absolute atomic E-state index is 0.344. The van der Waals surface area contributed by atoms with Crippen LogP contribution in [0.2, 0.25) is 0 Å². The van der Waals surface area contributed by atoms with E-state index >= 15 is 0 Å². The molecule has 1 aromatic carbocycles. The molecule has 1 aliphatic carbocycles. The molecule has 1 aromatic rings. The van der Waals surface area contributed by atoms with E-state index in [0.717, 1.165) is 25.4 Å². The molecule has 1 N–H and O–H groups in total. The van der Waals surface area contributed by atoms with E-state index in [9.17, 15) is 9.90 Å². The predicted molar refractivity (Wildman–Crippen MR) is 83.2 cm³/mol. The van der Waals surface area contributed by atoms with Gasteiger partial charge in [-0.2, -0.15) is 0 Å². The molecule has 1 heterocycles. The number of benzene rings is 1. The van der Waals surface area contributed by atoms with Crippen LogP contribution >= 0.6 is 0 Å². The van der Waals surface area contributed by atoms with Gasteiger partial charge in [-0.05, 0) is 36.4 Å². The number of hydrogen-bond donors (Lipinski definition) is 1. The van der Waals surface area contributed by atoms with E-state index in [4.69, 9.17) is 0 Å². The summed E-state index contributed by atoms with van der Waals surface area (Å²) in [6.07, 6.45) is 8.57. The Morgan fingerprint density at radius 1 is 1.14 bits per heavy atom. The molecule has 3 heteroatoms. The van der Waals surface area contributed by atoms with Gasteiger partial charge < -0.3 is 5.11 Å². The van der Waals surface area contributed by atoms with E-state index in [1.165, 1.54) is 43.2 Å². The standard InChI is InChI=1S/C18H25NO2/c20-18(21)17-12-15-8-4-5-9-16(15)13-19(17)11-10-14-6-2-1-3-7-14/h4-5,8-9,14,17H,1-3,6-7,10-13H2,(H,20,21). The van der Waals surface area contributed by atoms with Crippen molar-refractivity contribution >= 4 is 5.97 Å². The van der Waals surface area contributed by atoms with E-state index in [0.29, 0.717) is 6.42 Å². The van der Waals surface area contributed by atoms with Crippen LogP contribution in [-0.2, 0) is 17.8 Å². The number of fused-ring (bicyclic) bond motifs is 1. The Balaban J connectivity index is 1.66. The van der Waals surface area contributed by atoms with Crippen LogP contribution in [0.5, 0.6) is 0 Å². The summed E-state index contributed by atoms with van der Waals surface area (Å²) in [6, 6.07) is 7.93. The van der Waals surface area contributed by atoms with Crippen molar-refractivity contribution in [3.8, 4) is 0 Å². The summed E-state index contributed by atoms with van der Waals surface area (Å²) < 4.78 is 0. The van der Waals surface area contributed by atoms with Gasteiger partial charge in [0.15, 0.2) is 0 Å². The van der Waals surface area contributed by atoms with Crippen LogP contribution in [0.1, 0.15) is 49.7 Å². The lowest BCUT2D eigenvalue weighted by molar-refractivity contribution is -0.144. The SMILES string of the molecule is O=C(O)C1Cc2ccccc2CN1CCC1CCCCC1. The summed E-state index contributed by atoms with van der Waals surface area (Å²) >= 11 is 0. The fraction of sp³-hybridized carbons (Fsp3) is 0.611. The van der Waals surface area contributed by atoms with Crippen LogP contribution in [0.4, 0.5) is 0 Å². The van der Waals surface area contributed by atoms with Gasteiger partial charge in [0.1, 0.15) is 6.04 Å². The van der Waals surface area contributed by atoms with Crippen molar-refractivity contribution in [1.82, 2.24) is 4.90 Å². The zero-order valence-electron chi connectivity index (χ0n) is 12.6. The average Bonchev–Trinajstić information content (AvgIpc) is 2.53. The highest BCUT2D eigenvalue weighted by Gasteiger charge is 2.31. The maximum atomic E-state index is 11.6. The molecule has 114 valence electrons. The van der Waals surface area contributed by atoms with Crippen LogP contribution in [0.3, 0.4) is 0 Å². The molecule has 1 unspecified atom stereocenters. The minimum atomic E-state index is -0.673. The van der Waals surface area contributed by atoms with Crippen molar-refractivity contribution < 1.29 is 9.90 Å². The molecule has 0 amide bonds. The van der Waals surface area contributed by atoms with Crippen molar-refractivity contribution in [2.24, 2.45) is 5.92 Å². The van der Waals surface area contributed by atoms with Gasteiger partial charge in [-0.1, -0.05) is 56.4 Å². The third kappa shape index (κ3) is 3.46. The third-order valence-corrected chi connectivity index (χ3v) is 5.18. The maximum Gasteiger partial charge on any atom is 0.321 e. The van der Waals surface area contributed by atoms with Crippen molar-refractivity contribution in [3.63, 3.8) is 0 Å². The van der Waals surface area contributed by atoms with E-state index in [-0.39, 0.29) is 6.04 Å². The van der Waals surface area contributed by atoms with Gasteiger partial charge in [0, 0.05) is 6.54 Å². The Hall–Kier alpha value is -1.35. The number of rotatable bonds is 4. The molecule has 0 spiro atoms. The summed E-state index contributed by atoms with van der Waals surface area (Å²) in [5, 5.41) is 9.53. The number of nitrogens with zero attached hydrogens (tertiary/aromatic N) is 1. The van der Waals surface area contributed by atoms with Gasteiger partial charge in [-0.25, -0.2) is 0 Å². The smallest absolute Gasteiger partial charge is 0.321 e. The lowest BCUT2D eigenvalue weighted by Crippen LogP contribution is -2.46. The third-order valence-electron chi connectivity index (χ3n) is 5.18. The molecular formula is C18H25NO2. The highest BCUT2D eigenvalue weighted by molar-refractivity contribution is 5.74. The molecule has 1 fully saturated rings. The summed E-state index contributed by atoms with van der Waals surface area (Å²) in [5.74, 6) is 0.138. The van der Waals surface area contributed by atoms with Crippen LogP contribution < -0.4 is 0 Å². The van der Waals surface area contributed by atoms with E-state index in [2.05, 4.69) is 23.1 Å². The molecule has 3 rings (SSSR count). The van der Waals surface area contributed by atoms with Crippen molar-refractivity contribution in [3.05, 3.63) is 35.4 Å². The second kappa shape index (κ2) is 6.61. The fourth-order valence-electron chi connectivity index (χ4n) is 3.88. The molecule has 3 nitrogen and oxygen atoms in total. The molecule has 1 atom stereocenters. The molecule has 0 radical (unpaired) electrons. The highest BCUT2D eigenvalue weighted by atomic mass is 16.4. The molecule has 0 saturated heterocycles. The number of carboxylic acids is 1. The largest absolute Gasteiger partial charge is 0.480 e. The average molecular weight is 287 g/mol. The highest BCUT2D eigenvalue weighted by Crippen LogP contribution is 2.29. The Bertz CT molecular complexity index is 494. The first-order valence-electron chi connectivity index (χ1n) is 8.27. The van der Waals surface area contributed by atoms with Gasteiger partial charge in [0.05, 0.1) is 0 Å². The number of aliphatic carboxylic acids is 1. The lowest BCUT2D eigenvalue weighted by Gasteiger charge is -2.35. The Labute approximate surface area is 127 Å². The normalized spacial score (nSPS) is 23.7. The minimum Gasteiger partial charge on any atom is -0.480 e. The second-order valence-electron chi connectivity index (χ2n) is 6.59. The summed E-state index contributed by atoms with van der Waals surface area (Å²) in [6.45, 7) is 1.72. The molecule has 0 aromatic heterocycles. The van der Waals surface area contributed by atoms with Gasteiger partial charge in [-0.3, -0.25) is 9.69 Å². The van der Waals surface area contributed by atoms with Crippen LogP contribution in [0.25, 0.3) is 0 Å². The maximum absolute atomic E-state index is 11.6. The Morgan fingerprint density at radius 3 is 2.57 bits per heavy atom. The Morgan fingerprint density at radius 2 is 1.86 bits per heavy atom. The van der Waals surface area contributed by atoms with E-state index in [1.54, 1.807) is 0 Å². The van der Waals surface area contributed by atoms with Crippen molar-refractivity contribution in [2.45, 2.75) is 57.5 Å². The van der Waals surface area contributed by atoms with Gasteiger partial charge in [0.2, 0.25) is 0 Å². The molecule has 21 heavy (non-hydrogen) atoms. The first kappa shape index (κ1) is 14.6. The number of carboxylic acid groups (broad SMARTS) is 1. The molecule has 0 bridgehead atoms. The Kier molecular flexibility index (Phi) is 4.59. The van der Waals surface area contributed by atoms with Crippen LogP contribution in [0, 0.1) is 5.92 Å².